The fourth-order valence-electron chi connectivity index (χ4n) is 2.20. The first-order valence-electron chi connectivity index (χ1n) is 6.11. The van der Waals surface area contributed by atoms with Gasteiger partial charge in [0.05, 0.1) is 12.7 Å². The highest BCUT2D eigenvalue weighted by molar-refractivity contribution is 6.33. The maximum absolute atomic E-state index is 11.9. The van der Waals surface area contributed by atoms with Gasteiger partial charge in [-0.2, -0.15) is 0 Å². The summed E-state index contributed by atoms with van der Waals surface area (Å²) in [7, 11) is 3.27. The van der Waals surface area contributed by atoms with Gasteiger partial charge in [-0.3, -0.25) is 0 Å². The van der Waals surface area contributed by atoms with Gasteiger partial charge in [0.1, 0.15) is 0 Å². The second kappa shape index (κ2) is 5.90. The van der Waals surface area contributed by atoms with Gasteiger partial charge in [-0.1, -0.05) is 23.2 Å². The van der Waals surface area contributed by atoms with Crippen molar-refractivity contribution in [3.8, 4) is 0 Å². The average molecular weight is 312 g/mol. The summed E-state index contributed by atoms with van der Waals surface area (Å²) < 4.78 is 6.75. The number of aromatic nitrogens is 1. The van der Waals surface area contributed by atoms with Crippen molar-refractivity contribution in [2.75, 3.05) is 7.11 Å². The molecule has 0 aliphatic rings. The number of carbonyl (C=O) groups is 1. The molecule has 106 valence electrons. The van der Waals surface area contributed by atoms with Crippen molar-refractivity contribution in [2.45, 2.75) is 13.3 Å². The van der Waals surface area contributed by atoms with Crippen molar-refractivity contribution < 1.29 is 9.53 Å². The largest absolute Gasteiger partial charge is 0.465 e. The van der Waals surface area contributed by atoms with E-state index in [0.29, 0.717) is 22.0 Å². The second-order valence-corrected chi connectivity index (χ2v) is 5.47. The van der Waals surface area contributed by atoms with E-state index in [4.69, 9.17) is 27.9 Å². The molecule has 0 atom stereocenters. The molecule has 2 rings (SSSR count). The van der Waals surface area contributed by atoms with Crippen LogP contribution in [0.5, 0.6) is 0 Å². The molecule has 2 aromatic rings. The van der Waals surface area contributed by atoms with Crippen LogP contribution >= 0.6 is 23.2 Å². The Morgan fingerprint density at radius 2 is 2.00 bits per heavy atom. The zero-order valence-electron chi connectivity index (χ0n) is 11.5. The van der Waals surface area contributed by atoms with Crippen molar-refractivity contribution in [1.82, 2.24) is 4.57 Å². The number of esters is 1. The van der Waals surface area contributed by atoms with Gasteiger partial charge in [0.15, 0.2) is 0 Å². The molecule has 0 saturated heterocycles. The van der Waals surface area contributed by atoms with E-state index < -0.39 is 0 Å². The van der Waals surface area contributed by atoms with Crippen LogP contribution in [-0.2, 0) is 18.2 Å². The van der Waals surface area contributed by atoms with E-state index >= 15 is 0 Å². The topological polar surface area (TPSA) is 31.2 Å². The van der Waals surface area contributed by atoms with Gasteiger partial charge in [0.2, 0.25) is 0 Å². The first-order valence-corrected chi connectivity index (χ1v) is 6.86. The molecule has 0 spiro atoms. The third kappa shape index (κ3) is 2.84. The van der Waals surface area contributed by atoms with Gasteiger partial charge in [0, 0.05) is 35.4 Å². The van der Waals surface area contributed by atoms with Crippen LogP contribution in [0, 0.1) is 6.92 Å². The smallest absolute Gasteiger partial charge is 0.339 e. The summed E-state index contributed by atoms with van der Waals surface area (Å²) in [5.41, 5.74) is 3.21. The van der Waals surface area contributed by atoms with Gasteiger partial charge in [-0.05, 0) is 36.2 Å². The summed E-state index contributed by atoms with van der Waals surface area (Å²) in [6, 6.07) is 5.31. The predicted molar refractivity (Wildman–Crippen MR) is 80.8 cm³/mol. The zero-order valence-corrected chi connectivity index (χ0v) is 13.0. The van der Waals surface area contributed by atoms with Crippen molar-refractivity contribution in [3.05, 3.63) is 56.8 Å². The molecule has 1 aromatic carbocycles. The molecular formula is C15H15Cl2NO2. The number of hydrogen-bond acceptors (Lipinski definition) is 2. The Kier molecular flexibility index (Phi) is 4.41. The number of carbonyl (C=O) groups excluding carboxylic acids is 1. The number of halogens is 2. The Balaban J connectivity index is 2.46. The molecule has 0 aliphatic carbocycles. The van der Waals surface area contributed by atoms with Crippen LogP contribution in [0.1, 0.15) is 27.2 Å². The minimum atomic E-state index is -0.337. The number of rotatable bonds is 3. The summed E-state index contributed by atoms with van der Waals surface area (Å²) in [6.07, 6.45) is 2.45. The zero-order chi connectivity index (χ0) is 14.9. The molecule has 0 aliphatic heterocycles. The van der Waals surface area contributed by atoms with Gasteiger partial charge < -0.3 is 9.30 Å². The van der Waals surface area contributed by atoms with E-state index in [1.54, 1.807) is 12.1 Å². The number of methoxy groups -OCH3 is 1. The molecule has 20 heavy (non-hydrogen) atoms. The molecule has 0 N–H and O–H groups in total. The van der Waals surface area contributed by atoms with E-state index in [-0.39, 0.29) is 5.97 Å². The van der Waals surface area contributed by atoms with Crippen molar-refractivity contribution in [1.29, 1.82) is 0 Å². The standard InChI is InChI=1S/C15H15Cl2NO2/c1-9-14(15(19)20-3)11(8-18(9)2)6-10-7-12(16)4-5-13(10)17/h4-5,7-8H,6H2,1-3H3. The normalized spacial score (nSPS) is 10.7. The fraction of sp³-hybridized carbons (Fsp3) is 0.267. The molecule has 0 saturated carbocycles. The van der Waals surface area contributed by atoms with Crippen LogP contribution in [0.15, 0.2) is 24.4 Å². The van der Waals surface area contributed by atoms with Gasteiger partial charge in [-0.15, -0.1) is 0 Å². The highest BCUT2D eigenvalue weighted by Gasteiger charge is 2.19. The molecule has 3 nitrogen and oxygen atoms in total. The van der Waals surface area contributed by atoms with Crippen molar-refractivity contribution >= 4 is 29.2 Å². The van der Waals surface area contributed by atoms with E-state index in [0.717, 1.165) is 16.8 Å². The van der Waals surface area contributed by atoms with Crippen molar-refractivity contribution in [2.24, 2.45) is 7.05 Å². The number of hydrogen-bond donors (Lipinski definition) is 0. The Morgan fingerprint density at radius 3 is 2.65 bits per heavy atom. The Hall–Kier alpha value is -1.45. The second-order valence-electron chi connectivity index (χ2n) is 4.63. The number of aryl methyl sites for hydroxylation is 1. The molecular weight excluding hydrogens is 297 g/mol. The number of nitrogens with zero attached hydrogens (tertiary/aromatic N) is 1. The summed E-state index contributed by atoms with van der Waals surface area (Å²) in [4.78, 5) is 11.9. The molecule has 0 fully saturated rings. The lowest BCUT2D eigenvalue weighted by Gasteiger charge is -2.06. The van der Waals surface area contributed by atoms with Crippen LogP contribution in [0.25, 0.3) is 0 Å². The van der Waals surface area contributed by atoms with E-state index in [9.17, 15) is 4.79 Å². The van der Waals surface area contributed by atoms with E-state index in [1.807, 2.05) is 30.8 Å². The van der Waals surface area contributed by atoms with Gasteiger partial charge in [0.25, 0.3) is 0 Å². The Bertz CT molecular complexity index is 662. The van der Waals surface area contributed by atoms with Crippen LogP contribution in [-0.4, -0.2) is 17.6 Å². The maximum Gasteiger partial charge on any atom is 0.339 e. The average Bonchev–Trinajstić information content (AvgIpc) is 2.68. The number of benzene rings is 1. The van der Waals surface area contributed by atoms with E-state index in [1.165, 1.54) is 7.11 Å². The predicted octanol–water partition coefficient (Wildman–Crippen LogP) is 4.02. The minimum Gasteiger partial charge on any atom is -0.465 e. The first-order chi connectivity index (χ1) is 9.43. The highest BCUT2D eigenvalue weighted by atomic mass is 35.5. The molecule has 0 unspecified atom stereocenters. The monoisotopic (exact) mass is 311 g/mol. The lowest BCUT2D eigenvalue weighted by Crippen LogP contribution is -2.06. The van der Waals surface area contributed by atoms with Gasteiger partial charge >= 0.3 is 5.97 Å². The van der Waals surface area contributed by atoms with Crippen LogP contribution < -0.4 is 0 Å². The Labute approximate surface area is 128 Å². The summed E-state index contributed by atoms with van der Waals surface area (Å²) in [5, 5.41) is 1.25. The quantitative estimate of drug-likeness (QED) is 0.802. The third-order valence-electron chi connectivity index (χ3n) is 3.34. The molecule has 1 heterocycles. The van der Waals surface area contributed by atoms with Crippen molar-refractivity contribution in [3.63, 3.8) is 0 Å². The molecule has 0 amide bonds. The van der Waals surface area contributed by atoms with Gasteiger partial charge in [-0.25, -0.2) is 4.79 Å². The minimum absolute atomic E-state index is 0.337. The first kappa shape index (κ1) is 14.9. The SMILES string of the molecule is COC(=O)c1c(Cc2cc(Cl)ccc2Cl)cn(C)c1C. The summed E-state index contributed by atoms with van der Waals surface area (Å²) in [6.45, 7) is 1.88. The Morgan fingerprint density at radius 1 is 1.30 bits per heavy atom. The maximum atomic E-state index is 11.9. The third-order valence-corrected chi connectivity index (χ3v) is 3.94. The van der Waals surface area contributed by atoms with E-state index in [2.05, 4.69) is 0 Å². The molecule has 1 aromatic heterocycles. The number of ether oxygens (including phenoxy) is 1. The summed E-state index contributed by atoms with van der Waals surface area (Å²) >= 11 is 12.2. The summed E-state index contributed by atoms with van der Waals surface area (Å²) in [5.74, 6) is -0.337. The molecule has 0 radical (unpaired) electrons. The molecule has 5 heteroatoms. The van der Waals surface area contributed by atoms with Crippen LogP contribution in [0.4, 0.5) is 0 Å². The lowest BCUT2D eigenvalue weighted by molar-refractivity contribution is 0.0599. The highest BCUT2D eigenvalue weighted by Crippen LogP contribution is 2.26. The fourth-order valence-corrected chi connectivity index (χ4v) is 2.58. The molecule has 0 bridgehead atoms. The van der Waals surface area contributed by atoms with Crippen LogP contribution in [0.2, 0.25) is 10.0 Å². The van der Waals surface area contributed by atoms with Crippen LogP contribution in [0.3, 0.4) is 0 Å². The lowest BCUT2D eigenvalue weighted by atomic mass is 10.0.